The highest BCUT2D eigenvalue weighted by atomic mass is 35.5. The summed E-state index contributed by atoms with van der Waals surface area (Å²) in [6.07, 6.45) is 6.10. The SMILES string of the molecule is CCCCCCCC(=O)NCc1nnc(SCc2ccccc2)n1-c1ccc(Cl)cc1Cl. The first kappa shape index (κ1) is 24.6. The van der Waals surface area contributed by atoms with Gasteiger partial charge in [-0.1, -0.05) is 97.9 Å². The standard InChI is InChI=1S/C24H28Cl2N4OS/c1-2-3-4-5-9-12-23(31)27-16-22-28-29-24(32-17-18-10-7-6-8-11-18)30(22)21-14-13-19(25)15-20(21)26/h6-8,10-11,13-15H,2-5,9,12,16-17H2,1H3,(H,27,31). The topological polar surface area (TPSA) is 59.8 Å². The van der Waals surface area contributed by atoms with Gasteiger partial charge in [0.05, 0.1) is 17.3 Å². The molecule has 0 radical (unpaired) electrons. The summed E-state index contributed by atoms with van der Waals surface area (Å²) < 4.78 is 1.90. The molecule has 1 aromatic heterocycles. The quantitative estimate of drug-likeness (QED) is 0.223. The van der Waals surface area contributed by atoms with Crippen LogP contribution in [0.5, 0.6) is 0 Å². The number of amides is 1. The maximum Gasteiger partial charge on any atom is 0.220 e. The van der Waals surface area contributed by atoms with Crippen LogP contribution in [-0.2, 0) is 17.1 Å². The Morgan fingerprint density at radius 2 is 1.81 bits per heavy atom. The molecule has 32 heavy (non-hydrogen) atoms. The van der Waals surface area contributed by atoms with E-state index in [-0.39, 0.29) is 12.5 Å². The molecule has 0 aliphatic carbocycles. The Morgan fingerprint density at radius 3 is 2.56 bits per heavy atom. The molecule has 0 unspecified atom stereocenters. The van der Waals surface area contributed by atoms with Crippen LogP contribution in [0.15, 0.2) is 53.7 Å². The number of rotatable bonds is 12. The zero-order chi connectivity index (χ0) is 22.8. The van der Waals surface area contributed by atoms with Gasteiger partial charge in [0, 0.05) is 17.2 Å². The fraction of sp³-hybridized carbons (Fsp3) is 0.375. The lowest BCUT2D eigenvalue weighted by Gasteiger charge is -2.13. The summed E-state index contributed by atoms with van der Waals surface area (Å²) in [4.78, 5) is 12.3. The monoisotopic (exact) mass is 490 g/mol. The Labute approximate surface area is 203 Å². The molecule has 3 rings (SSSR count). The van der Waals surface area contributed by atoms with Gasteiger partial charge in [0.1, 0.15) is 0 Å². The van der Waals surface area contributed by atoms with Crippen LogP contribution in [0.1, 0.15) is 56.8 Å². The number of halogens is 2. The highest BCUT2D eigenvalue weighted by molar-refractivity contribution is 7.98. The number of nitrogens with zero attached hydrogens (tertiary/aromatic N) is 3. The third-order valence-electron chi connectivity index (χ3n) is 5.01. The van der Waals surface area contributed by atoms with Gasteiger partial charge >= 0.3 is 0 Å². The van der Waals surface area contributed by atoms with E-state index in [0.717, 1.165) is 24.3 Å². The smallest absolute Gasteiger partial charge is 0.220 e. The number of unbranched alkanes of at least 4 members (excludes halogenated alkanes) is 4. The molecule has 5 nitrogen and oxygen atoms in total. The number of benzene rings is 2. The van der Waals surface area contributed by atoms with E-state index in [0.29, 0.717) is 27.4 Å². The lowest BCUT2D eigenvalue weighted by molar-refractivity contribution is -0.121. The molecular formula is C24H28Cl2N4OS. The number of carbonyl (C=O) groups is 1. The summed E-state index contributed by atoms with van der Waals surface area (Å²) in [6, 6.07) is 15.5. The van der Waals surface area contributed by atoms with Crippen molar-refractivity contribution in [3.63, 3.8) is 0 Å². The molecule has 0 atom stereocenters. The fourth-order valence-corrected chi connectivity index (χ4v) is 4.70. The van der Waals surface area contributed by atoms with Gasteiger partial charge in [0.15, 0.2) is 11.0 Å². The van der Waals surface area contributed by atoms with Crippen LogP contribution in [0, 0.1) is 0 Å². The molecule has 1 N–H and O–H groups in total. The Hall–Kier alpha value is -2.02. The van der Waals surface area contributed by atoms with Gasteiger partial charge in [-0.05, 0) is 30.2 Å². The van der Waals surface area contributed by atoms with Crippen LogP contribution in [0.3, 0.4) is 0 Å². The second-order valence-corrected chi connectivity index (χ2v) is 9.33. The lowest BCUT2D eigenvalue weighted by Crippen LogP contribution is -2.24. The van der Waals surface area contributed by atoms with Crippen molar-refractivity contribution in [2.75, 3.05) is 0 Å². The van der Waals surface area contributed by atoms with Crippen molar-refractivity contribution in [3.05, 3.63) is 70.0 Å². The first-order valence-corrected chi connectivity index (χ1v) is 12.7. The Morgan fingerprint density at radius 1 is 1.03 bits per heavy atom. The van der Waals surface area contributed by atoms with Crippen molar-refractivity contribution in [3.8, 4) is 5.69 Å². The van der Waals surface area contributed by atoms with Crippen LogP contribution >= 0.6 is 35.0 Å². The van der Waals surface area contributed by atoms with E-state index < -0.39 is 0 Å². The number of aromatic nitrogens is 3. The van der Waals surface area contributed by atoms with Gasteiger partial charge in [0.25, 0.3) is 0 Å². The van der Waals surface area contributed by atoms with Crippen molar-refractivity contribution < 1.29 is 4.79 Å². The third-order valence-corrected chi connectivity index (χ3v) is 6.55. The summed E-state index contributed by atoms with van der Waals surface area (Å²) >= 11 is 14.2. The first-order chi connectivity index (χ1) is 15.6. The van der Waals surface area contributed by atoms with E-state index >= 15 is 0 Å². The van der Waals surface area contributed by atoms with Crippen LogP contribution in [0.25, 0.3) is 5.69 Å². The predicted octanol–water partition coefficient (Wildman–Crippen LogP) is 6.84. The number of nitrogens with one attached hydrogen (secondary N) is 1. The predicted molar refractivity (Wildman–Crippen MR) is 133 cm³/mol. The molecule has 0 saturated heterocycles. The van der Waals surface area contributed by atoms with Crippen molar-refractivity contribution in [1.82, 2.24) is 20.1 Å². The minimum atomic E-state index is 0.0248. The number of thioether (sulfide) groups is 1. The van der Waals surface area contributed by atoms with Crippen molar-refractivity contribution in [2.45, 2.75) is 62.9 Å². The first-order valence-electron chi connectivity index (χ1n) is 10.9. The maximum atomic E-state index is 12.3. The van der Waals surface area contributed by atoms with Gasteiger partial charge in [-0.2, -0.15) is 0 Å². The number of hydrogen-bond donors (Lipinski definition) is 1. The summed E-state index contributed by atoms with van der Waals surface area (Å²) in [6.45, 7) is 2.47. The zero-order valence-corrected chi connectivity index (χ0v) is 20.5. The minimum absolute atomic E-state index is 0.0248. The Bertz CT molecular complexity index is 1010. The summed E-state index contributed by atoms with van der Waals surface area (Å²) in [5, 5.41) is 13.5. The maximum absolute atomic E-state index is 12.3. The highest BCUT2D eigenvalue weighted by Gasteiger charge is 2.18. The van der Waals surface area contributed by atoms with Gasteiger partial charge < -0.3 is 5.32 Å². The molecule has 3 aromatic rings. The fourth-order valence-electron chi connectivity index (χ4n) is 3.29. The number of hydrogen-bond acceptors (Lipinski definition) is 4. The van der Waals surface area contributed by atoms with Crippen molar-refractivity contribution in [2.24, 2.45) is 0 Å². The zero-order valence-electron chi connectivity index (χ0n) is 18.2. The van der Waals surface area contributed by atoms with E-state index in [1.165, 1.54) is 24.8 Å². The van der Waals surface area contributed by atoms with Crippen molar-refractivity contribution in [1.29, 1.82) is 0 Å². The minimum Gasteiger partial charge on any atom is -0.349 e. The van der Waals surface area contributed by atoms with Gasteiger partial charge in [0.2, 0.25) is 5.91 Å². The van der Waals surface area contributed by atoms with Gasteiger partial charge in [-0.3, -0.25) is 9.36 Å². The molecule has 0 aliphatic rings. The Balaban J connectivity index is 1.72. The molecule has 0 aliphatic heterocycles. The second-order valence-electron chi connectivity index (χ2n) is 7.55. The van der Waals surface area contributed by atoms with E-state index in [9.17, 15) is 4.79 Å². The molecule has 1 amide bonds. The summed E-state index contributed by atoms with van der Waals surface area (Å²) in [5.74, 6) is 1.40. The van der Waals surface area contributed by atoms with Crippen LogP contribution < -0.4 is 5.32 Å². The van der Waals surface area contributed by atoms with E-state index in [2.05, 4.69) is 34.6 Å². The molecule has 170 valence electrons. The van der Waals surface area contributed by atoms with E-state index in [1.54, 1.807) is 23.9 Å². The van der Waals surface area contributed by atoms with E-state index in [1.807, 2.05) is 28.8 Å². The average Bonchev–Trinajstić information content (AvgIpc) is 3.19. The summed E-state index contributed by atoms with van der Waals surface area (Å²) in [7, 11) is 0. The highest BCUT2D eigenvalue weighted by Crippen LogP contribution is 2.30. The normalized spacial score (nSPS) is 11.0. The Kier molecular flexibility index (Phi) is 9.90. The third kappa shape index (κ3) is 7.26. The van der Waals surface area contributed by atoms with Crippen LogP contribution in [-0.4, -0.2) is 20.7 Å². The van der Waals surface area contributed by atoms with Gasteiger partial charge in [-0.15, -0.1) is 10.2 Å². The molecule has 0 bridgehead atoms. The largest absolute Gasteiger partial charge is 0.349 e. The van der Waals surface area contributed by atoms with E-state index in [4.69, 9.17) is 23.2 Å². The molecule has 2 aromatic carbocycles. The lowest BCUT2D eigenvalue weighted by atomic mass is 10.1. The molecule has 1 heterocycles. The molecule has 0 fully saturated rings. The molecule has 8 heteroatoms. The summed E-state index contributed by atoms with van der Waals surface area (Å²) in [5.41, 5.74) is 1.92. The molecule has 0 spiro atoms. The molecule has 0 saturated carbocycles. The number of carbonyl (C=O) groups excluding carboxylic acids is 1. The van der Waals surface area contributed by atoms with Crippen LogP contribution in [0.4, 0.5) is 0 Å². The van der Waals surface area contributed by atoms with Crippen LogP contribution in [0.2, 0.25) is 10.0 Å². The molecular weight excluding hydrogens is 463 g/mol. The van der Waals surface area contributed by atoms with Gasteiger partial charge in [-0.25, -0.2) is 0 Å². The second kappa shape index (κ2) is 12.9. The van der Waals surface area contributed by atoms with Crippen molar-refractivity contribution >= 4 is 40.9 Å². The average molecular weight is 491 g/mol.